The van der Waals surface area contributed by atoms with Crippen molar-refractivity contribution in [3.05, 3.63) is 65.9 Å². The maximum absolute atomic E-state index is 12.5. The molecule has 0 radical (unpaired) electrons. The van der Waals surface area contributed by atoms with Crippen molar-refractivity contribution in [2.75, 3.05) is 60.2 Å². The SMILES string of the molecule is CC(=O)c1ccc(NC(=O)N2CC(Nc3nc(Nc4ccc(N5CCOCC5)cc4)ncc3C)C2)cc1. The molecule has 1 aromatic heterocycles. The van der Waals surface area contributed by atoms with Crippen molar-refractivity contribution in [2.45, 2.75) is 19.9 Å². The van der Waals surface area contributed by atoms with Crippen LogP contribution in [-0.4, -0.2) is 72.1 Å². The van der Waals surface area contributed by atoms with Crippen LogP contribution in [0.3, 0.4) is 0 Å². The van der Waals surface area contributed by atoms with Crippen molar-refractivity contribution in [2.24, 2.45) is 0 Å². The summed E-state index contributed by atoms with van der Waals surface area (Å²) in [5.74, 6) is 1.25. The first kappa shape index (κ1) is 24.5. The van der Waals surface area contributed by atoms with Crippen LogP contribution in [0.5, 0.6) is 0 Å². The Hall–Kier alpha value is -4.18. The maximum Gasteiger partial charge on any atom is 0.321 e. The van der Waals surface area contributed by atoms with Gasteiger partial charge in [0, 0.05) is 60.6 Å². The summed E-state index contributed by atoms with van der Waals surface area (Å²) in [4.78, 5) is 37.1. The van der Waals surface area contributed by atoms with Gasteiger partial charge in [-0.2, -0.15) is 4.98 Å². The third-order valence-corrected chi connectivity index (χ3v) is 6.52. The lowest BCUT2D eigenvalue weighted by Gasteiger charge is -2.39. The molecule has 2 aromatic carbocycles. The largest absolute Gasteiger partial charge is 0.378 e. The number of aryl methyl sites for hydroxylation is 1. The zero-order valence-corrected chi connectivity index (χ0v) is 21.0. The Bertz CT molecular complexity index is 1250. The summed E-state index contributed by atoms with van der Waals surface area (Å²) in [5, 5.41) is 9.57. The number of ether oxygens (including phenoxy) is 1. The number of rotatable bonds is 7. The van der Waals surface area contributed by atoms with E-state index in [-0.39, 0.29) is 17.9 Å². The molecular weight excluding hydrogens is 470 g/mol. The first-order valence-electron chi connectivity index (χ1n) is 12.4. The summed E-state index contributed by atoms with van der Waals surface area (Å²) in [5.41, 5.74) is 4.29. The Morgan fingerprint density at radius 3 is 2.32 bits per heavy atom. The average molecular weight is 502 g/mol. The van der Waals surface area contributed by atoms with Crippen LogP contribution in [0, 0.1) is 6.92 Å². The van der Waals surface area contributed by atoms with Gasteiger partial charge in [-0.05, 0) is 62.4 Å². The normalized spacial score (nSPS) is 15.6. The fraction of sp³-hybridized carbons (Fsp3) is 0.333. The third kappa shape index (κ3) is 5.97. The Kier molecular flexibility index (Phi) is 7.18. The lowest BCUT2D eigenvalue weighted by Crippen LogP contribution is -2.58. The summed E-state index contributed by atoms with van der Waals surface area (Å²) in [6.07, 6.45) is 1.79. The highest BCUT2D eigenvalue weighted by Gasteiger charge is 2.31. The highest BCUT2D eigenvalue weighted by atomic mass is 16.5. The molecule has 2 amide bonds. The van der Waals surface area contributed by atoms with E-state index in [1.807, 2.05) is 19.1 Å². The topological polar surface area (TPSA) is 112 Å². The number of hydrogen-bond acceptors (Lipinski definition) is 8. The van der Waals surface area contributed by atoms with E-state index in [9.17, 15) is 9.59 Å². The predicted octanol–water partition coefficient (Wildman–Crippen LogP) is 3.90. The molecule has 10 nitrogen and oxygen atoms in total. The number of urea groups is 1. The number of Topliss-reactive ketones (excluding diaryl/α,β-unsaturated/α-hetero) is 1. The van der Waals surface area contributed by atoms with Crippen LogP contribution in [0.15, 0.2) is 54.7 Å². The van der Waals surface area contributed by atoms with E-state index in [1.54, 1.807) is 35.4 Å². The standard InChI is InChI=1S/C27H31N7O3/c1-18-15-28-26(30-21-7-9-24(10-8-21)33-11-13-37-14-12-33)32-25(18)29-23-16-34(17-23)27(36)31-22-5-3-20(4-6-22)19(2)35/h3-10,15,23H,11-14,16-17H2,1-2H3,(H,31,36)(H2,28,29,30,32). The van der Waals surface area contributed by atoms with Gasteiger partial charge in [-0.1, -0.05) is 0 Å². The van der Waals surface area contributed by atoms with Crippen LogP contribution >= 0.6 is 0 Å². The van der Waals surface area contributed by atoms with E-state index in [1.165, 1.54) is 12.6 Å². The highest BCUT2D eigenvalue weighted by molar-refractivity contribution is 5.95. The van der Waals surface area contributed by atoms with Gasteiger partial charge in [0.25, 0.3) is 0 Å². The third-order valence-electron chi connectivity index (χ3n) is 6.52. The Balaban J connectivity index is 1.13. The fourth-order valence-corrected chi connectivity index (χ4v) is 4.27. The van der Waals surface area contributed by atoms with Crippen molar-refractivity contribution < 1.29 is 14.3 Å². The second-order valence-electron chi connectivity index (χ2n) is 9.31. The zero-order valence-electron chi connectivity index (χ0n) is 21.0. The minimum absolute atomic E-state index is 0.00501. The van der Waals surface area contributed by atoms with Crippen molar-refractivity contribution in [3.63, 3.8) is 0 Å². The first-order chi connectivity index (χ1) is 17.9. The summed E-state index contributed by atoms with van der Waals surface area (Å²) < 4.78 is 5.43. The van der Waals surface area contributed by atoms with E-state index in [4.69, 9.17) is 4.74 Å². The number of aromatic nitrogens is 2. The second kappa shape index (κ2) is 10.8. The molecule has 37 heavy (non-hydrogen) atoms. The smallest absolute Gasteiger partial charge is 0.321 e. The molecule has 3 aromatic rings. The summed E-state index contributed by atoms with van der Waals surface area (Å²) in [6.45, 7) is 7.91. The summed E-state index contributed by atoms with van der Waals surface area (Å²) in [7, 11) is 0. The number of ketones is 1. The van der Waals surface area contributed by atoms with Crippen LogP contribution < -0.4 is 20.9 Å². The number of likely N-dealkylation sites (tertiary alicyclic amines) is 1. The monoisotopic (exact) mass is 501 g/mol. The molecule has 2 aliphatic heterocycles. The summed E-state index contributed by atoms with van der Waals surface area (Å²) >= 11 is 0. The molecule has 2 aliphatic rings. The molecule has 0 unspecified atom stereocenters. The van der Waals surface area contributed by atoms with Gasteiger partial charge in [0.05, 0.1) is 19.3 Å². The Morgan fingerprint density at radius 2 is 1.65 bits per heavy atom. The van der Waals surface area contributed by atoms with Crippen LogP contribution in [-0.2, 0) is 4.74 Å². The number of benzene rings is 2. The minimum atomic E-state index is -0.170. The highest BCUT2D eigenvalue weighted by Crippen LogP contribution is 2.23. The fourth-order valence-electron chi connectivity index (χ4n) is 4.27. The number of amides is 2. The average Bonchev–Trinajstić information content (AvgIpc) is 2.89. The quantitative estimate of drug-likeness (QED) is 0.418. The lowest BCUT2D eigenvalue weighted by atomic mass is 10.1. The molecule has 3 N–H and O–H groups in total. The van der Waals surface area contributed by atoms with E-state index in [0.717, 1.165) is 43.4 Å². The summed E-state index contributed by atoms with van der Waals surface area (Å²) in [6, 6.07) is 15.0. The van der Waals surface area contributed by atoms with E-state index < -0.39 is 0 Å². The molecule has 0 atom stereocenters. The number of carbonyl (C=O) groups is 2. The van der Waals surface area contributed by atoms with Gasteiger partial charge in [-0.15, -0.1) is 0 Å². The van der Waals surface area contributed by atoms with Crippen molar-refractivity contribution >= 4 is 40.6 Å². The zero-order chi connectivity index (χ0) is 25.8. The second-order valence-corrected chi connectivity index (χ2v) is 9.31. The van der Waals surface area contributed by atoms with Crippen LogP contribution in [0.1, 0.15) is 22.8 Å². The molecule has 5 rings (SSSR count). The number of carbonyl (C=O) groups excluding carboxylic acids is 2. The molecule has 10 heteroatoms. The van der Waals surface area contributed by atoms with Gasteiger partial charge in [0.15, 0.2) is 5.78 Å². The van der Waals surface area contributed by atoms with Crippen molar-refractivity contribution in [1.29, 1.82) is 0 Å². The van der Waals surface area contributed by atoms with Crippen molar-refractivity contribution in [1.82, 2.24) is 14.9 Å². The van der Waals surface area contributed by atoms with Gasteiger partial charge < -0.3 is 30.5 Å². The van der Waals surface area contributed by atoms with Gasteiger partial charge in [0.1, 0.15) is 5.82 Å². The molecular formula is C27H31N7O3. The number of hydrogen-bond donors (Lipinski definition) is 3. The van der Waals surface area contributed by atoms with E-state index in [0.29, 0.717) is 30.3 Å². The lowest BCUT2D eigenvalue weighted by molar-refractivity contribution is 0.101. The minimum Gasteiger partial charge on any atom is -0.378 e. The van der Waals surface area contributed by atoms with E-state index >= 15 is 0 Å². The molecule has 0 bridgehead atoms. The number of nitrogens with zero attached hydrogens (tertiary/aromatic N) is 4. The van der Waals surface area contributed by atoms with E-state index in [2.05, 4.69) is 43.0 Å². The molecule has 0 saturated carbocycles. The van der Waals surface area contributed by atoms with Crippen LogP contribution in [0.4, 0.5) is 33.6 Å². The molecule has 192 valence electrons. The van der Waals surface area contributed by atoms with Gasteiger partial charge in [-0.3, -0.25) is 4.79 Å². The van der Waals surface area contributed by atoms with Gasteiger partial charge in [-0.25, -0.2) is 9.78 Å². The molecule has 0 spiro atoms. The van der Waals surface area contributed by atoms with Crippen LogP contribution in [0.2, 0.25) is 0 Å². The number of morpholine rings is 1. The Labute approximate surface area is 216 Å². The number of anilines is 5. The number of nitrogens with one attached hydrogen (secondary N) is 3. The molecule has 2 saturated heterocycles. The molecule has 0 aliphatic carbocycles. The Morgan fingerprint density at radius 1 is 0.973 bits per heavy atom. The molecule has 3 heterocycles. The maximum atomic E-state index is 12.5. The first-order valence-corrected chi connectivity index (χ1v) is 12.4. The van der Waals surface area contributed by atoms with Gasteiger partial charge >= 0.3 is 6.03 Å². The molecule has 2 fully saturated rings. The van der Waals surface area contributed by atoms with Crippen molar-refractivity contribution in [3.8, 4) is 0 Å². The van der Waals surface area contributed by atoms with Crippen LogP contribution in [0.25, 0.3) is 0 Å². The van der Waals surface area contributed by atoms with Gasteiger partial charge in [0.2, 0.25) is 5.95 Å². The predicted molar refractivity (Wildman–Crippen MR) is 144 cm³/mol.